The van der Waals surface area contributed by atoms with Gasteiger partial charge in [-0.1, -0.05) is 37.1 Å². The molecule has 0 saturated heterocycles. The topological polar surface area (TPSA) is 69.6 Å². The van der Waals surface area contributed by atoms with E-state index in [-0.39, 0.29) is 0 Å². The molecule has 0 N–H and O–H groups in total. The first-order valence-electron chi connectivity index (χ1n) is 6.28. The van der Waals surface area contributed by atoms with Crippen molar-refractivity contribution in [3.05, 3.63) is 46.5 Å². The van der Waals surface area contributed by atoms with E-state index in [2.05, 4.69) is 52.4 Å². The minimum absolute atomic E-state index is 0.415. The van der Waals surface area contributed by atoms with E-state index in [1.807, 2.05) is 30.5 Å². The number of hydrogen-bond donors (Lipinski definition) is 0. The van der Waals surface area contributed by atoms with Crippen molar-refractivity contribution in [3.63, 3.8) is 0 Å². The molecule has 0 bridgehead atoms. The Labute approximate surface area is 137 Å². The van der Waals surface area contributed by atoms with E-state index in [4.69, 9.17) is 4.42 Å². The third kappa shape index (κ3) is 3.56. The summed E-state index contributed by atoms with van der Waals surface area (Å²) in [6.45, 7) is 0.415. The number of benzene rings is 1. The maximum absolute atomic E-state index is 5.65. The maximum atomic E-state index is 5.65. The van der Waals surface area contributed by atoms with Crippen LogP contribution < -0.4 is 0 Å². The van der Waals surface area contributed by atoms with Crippen LogP contribution in [0, 0.1) is 0 Å². The van der Waals surface area contributed by atoms with Gasteiger partial charge in [0.15, 0.2) is 0 Å². The molecule has 0 amide bonds. The lowest BCUT2D eigenvalue weighted by molar-refractivity contribution is 0.469. The first kappa shape index (κ1) is 14.4. The van der Waals surface area contributed by atoms with Crippen LogP contribution in [0.25, 0.3) is 11.5 Å². The molecule has 0 aliphatic carbocycles. The van der Waals surface area contributed by atoms with Crippen molar-refractivity contribution in [1.29, 1.82) is 0 Å². The van der Waals surface area contributed by atoms with Crippen LogP contribution in [0.2, 0.25) is 0 Å². The maximum Gasteiger partial charge on any atom is 0.247 e. The van der Waals surface area contributed by atoms with Crippen LogP contribution in [-0.4, -0.2) is 30.5 Å². The molecule has 6 nitrogen and oxygen atoms in total. The van der Waals surface area contributed by atoms with Gasteiger partial charge in [0.05, 0.1) is 5.69 Å². The lowest BCUT2D eigenvalue weighted by Gasteiger charge is -1.95. The highest BCUT2D eigenvalue weighted by Gasteiger charge is 2.10. The lowest BCUT2D eigenvalue weighted by Crippen LogP contribution is -2.00. The van der Waals surface area contributed by atoms with Gasteiger partial charge in [-0.25, -0.2) is 4.68 Å². The Bertz CT molecular complexity index is 722. The molecule has 108 valence electrons. The third-order valence-electron chi connectivity index (χ3n) is 2.79. The Morgan fingerprint density at radius 2 is 1.90 bits per heavy atom. The zero-order valence-corrected chi connectivity index (χ0v) is 14.1. The second-order valence-corrected chi connectivity index (χ2v) is 6.06. The zero-order valence-electron chi connectivity index (χ0n) is 10.9. The standard InChI is InChI=1S/C13H11Br2N5O/c14-6-5-11-7-20(19-16-11)8-12-17-18-13(21-12)9-1-3-10(15)4-2-9/h1-4,7H,5-6,8H2. The Kier molecular flexibility index (Phi) is 4.45. The van der Waals surface area contributed by atoms with Gasteiger partial charge in [-0.15, -0.1) is 15.3 Å². The molecule has 3 rings (SSSR count). The molecular formula is C13H11Br2N5O. The second kappa shape index (κ2) is 6.48. The van der Waals surface area contributed by atoms with Gasteiger partial charge in [0.1, 0.15) is 6.54 Å². The van der Waals surface area contributed by atoms with E-state index in [0.717, 1.165) is 27.5 Å². The molecule has 3 aromatic rings. The first-order chi connectivity index (χ1) is 10.2. The van der Waals surface area contributed by atoms with Gasteiger partial charge in [0.25, 0.3) is 0 Å². The number of hydrogen-bond acceptors (Lipinski definition) is 5. The van der Waals surface area contributed by atoms with Crippen molar-refractivity contribution < 1.29 is 4.42 Å². The minimum atomic E-state index is 0.415. The summed E-state index contributed by atoms with van der Waals surface area (Å²) in [7, 11) is 0. The van der Waals surface area contributed by atoms with Crippen LogP contribution in [0.15, 0.2) is 39.4 Å². The van der Waals surface area contributed by atoms with Crippen LogP contribution in [0.1, 0.15) is 11.6 Å². The number of aryl methyl sites for hydroxylation is 1. The summed E-state index contributed by atoms with van der Waals surface area (Å²) in [5, 5.41) is 17.1. The largest absolute Gasteiger partial charge is 0.419 e. The average molecular weight is 413 g/mol. The van der Waals surface area contributed by atoms with Gasteiger partial charge in [0.2, 0.25) is 11.8 Å². The molecule has 0 saturated carbocycles. The molecule has 2 aromatic heterocycles. The van der Waals surface area contributed by atoms with Gasteiger partial charge >= 0.3 is 0 Å². The summed E-state index contributed by atoms with van der Waals surface area (Å²) in [6.07, 6.45) is 2.72. The van der Waals surface area contributed by atoms with Gasteiger partial charge in [-0.3, -0.25) is 0 Å². The van der Waals surface area contributed by atoms with Crippen LogP contribution in [0.5, 0.6) is 0 Å². The molecule has 1 aromatic carbocycles. The van der Waals surface area contributed by atoms with E-state index in [9.17, 15) is 0 Å². The number of rotatable bonds is 5. The fraction of sp³-hybridized carbons (Fsp3) is 0.231. The number of halogens is 2. The molecule has 0 aliphatic rings. The Morgan fingerprint density at radius 3 is 2.67 bits per heavy atom. The second-order valence-electron chi connectivity index (χ2n) is 4.35. The molecule has 0 fully saturated rings. The van der Waals surface area contributed by atoms with Crippen LogP contribution >= 0.6 is 31.9 Å². The number of alkyl halides is 1. The fourth-order valence-electron chi connectivity index (χ4n) is 1.79. The lowest BCUT2D eigenvalue weighted by atomic mass is 10.2. The third-order valence-corrected chi connectivity index (χ3v) is 3.72. The highest BCUT2D eigenvalue weighted by Crippen LogP contribution is 2.20. The molecule has 0 spiro atoms. The highest BCUT2D eigenvalue weighted by molar-refractivity contribution is 9.10. The van der Waals surface area contributed by atoms with Gasteiger partial charge in [-0.05, 0) is 24.3 Å². The van der Waals surface area contributed by atoms with E-state index in [0.29, 0.717) is 18.3 Å². The van der Waals surface area contributed by atoms with Crippen LogP contribution in [0.3, 0.4) is 0 Å². The van der Waals surface area contributed by atoms with E-state index in [1.54, 1.807) is 4.68 Å². The van der Waals surface area contributed by atoms with Crippen molar-refractivity contribution in [1.82, 2.24) is 25.2 Å². The Balaban J connectivity index is 1.73. The summed E-state index contributed by atoms with van der Waals surface area (Å²) in [5.41, 5.74) is 1.81. The van der Waals surface area contributed by atoms with Gasteiger partial charge in [0, 0.05) is 28.0 Å². The van der Waals surface area contributed by atoms with E-state index in [1.165, 1.54) is 0 Å². The first-order valence-corrected chi connectivity index (χ1v) is 8.19. The van der Waals surface area contributed by atoms with Crippen molar-refractivity contribution in [3.8, 4) is 11.5 Å². The highest BCUT2D eigenvalue weighted by atomic mass is 79.9. The zero-order chi connectivity index (χ0) is 14.7. The predicted molar refractivity (Wildman–Crippen MR) is 84.1 cm³/mol. The van der Waals surface area contributed by atoms with Gasteiger partial charge in [-0.2, -0.15) is 0 Å². The quantitative estimate of drug-likeness (QED) is 0.602. The molecule has 0 unspecified atom stereocenters. The molecule has 21 heavy (non-hydrogen) atoms. The SMILES string of the molecule is BrCCc1cn(Cc2nnc(-c3ccc(Br)cc3)o2)nn1. The monoisotopic (exact) mass is 411 g/mol. The molecular weight excluding hydrogens is 402 g/mol. The Hall–Kier alpha value is -1.54. The Morgan fingerprint density at radius 1 is 1.10 bits per heavy atom. The number of aromatic nitrogens is 5. The van der Waals surface area contributed by atoms with Crippen molar-refractivity contribution in [2.45, 2.75) is 13.0 Å². The molecule has 0 radical (unpaired) electrons. The summed E-state index contributed by atoms with van der Waals surface area (Å²) in [4.78, 5) is 0. The van der Waals surface area contributed by atoms with E-state index >= 15 is 0 Å². The van der Waals surface area contributed by atoms with Gasteiger partial charge < -0.3 is 4.42 Å². The number of nitrogens with zero attached hydrogens (tertiary/aromatic N) is 5. The predicted octanol–water partition coefficient (Wildman–Crippen LogP) is 3.08. The molecule has 8 heteroatoms. The minimum Gasteiger partial charge on any atom is -0.419 e. The van der Waals surface area contributed by atoms with Crippen LogP contribution in [-0.2, 0) is 13.0 Å². The molecule has 0 atom stereocenters. The average Bonchev–Trinajstić information content (AvgIpc) is 3.11. The summed E-state index contributed by atoms with van der Waals surface area (Å²) >= 11 is 6.77. The van der Waals surface area contributed by atoms with Crippen LogP contribution in [0.4, 0.5) is 0 Å². The normalized spacial score (nSPS) is 11.0. The van der Waals surface area contributed by atoms with Crippen molar-refractivity contribution >= 4 is 31.9 Å². The molecule has 0 aliphatic heterocycles. The van der Waals surface area contributed by atoms with Crippen molar-refractivity contribution in [2.24, 2.45) is 0 Å². The van der Waals surface area contributed by atoms with Crippen molar-refractivity contribution in [2.75, 3.05) is 5.33 Å². The summed E-state index contributed by atoms with van der Waals surface area (Å²) < 4.78 is 8.35. The smallest absolute Gasteiger partial charge is 0.247 e. The fourth-order valence-corrected chi connectivity index (χ4v) is 2.46. The summed E-state index contributed by atoms with van der Waals surface area (Å²) in [5.74, 6) is 1.00. The summed E-state index contributed by atoms with van der Waals surface area (Å²) in [6, 6.07) is 7.71. The molecule has 2 heterocycles. The van der Waals surface area contributed by atoms with E-state index < -0.39 is 0 Å².